The summed E-state index contributed by atoms with van der Waals surface area (Å²) < 4.78 is 33.7. The molecule has 8 heteroatoms. The van der Waals surface area contributed by atoms with E-state index in [0.717, 1.165) is 57.7 Å². The number of piperidine rings is 1. The first-order valence-electron chi connectivity index (χ1n) is 11.9. The van der Waals surface area contributed by atoms with Crippen molar-refractivity contribution in [1.29, 1.82) is 0 Å². The predicted molar refractivity (Wildman–Crippen MR) is 126 cm³/mol. The van der Waals surface area contributed by atoms with Gasteiger partial charge < -0.3 is 9.64 Å². The molecule has 3 aliphatic heterocycles. The fraction of sp³-hybridized carbons (Fsp3) is 0.480. The Balaban J connectivity index is 1.25. The van der Waals surface area contributed by atoms with Gasteiger partial charge in [0, 0.05) is 52.2 Å². The van der Waals surface area contributed by atoms with E-state index in [9.17, 15) is 13.2 Å². The molecule has 0 atom stereocenters. The second-order valence-corrected chi connectivity index (χ2v) is 11.0. The van der Waals surface area contributed by atoms with E-state index in [1.807, 2.05) is 0 Å². The first-order chi connectivity index (χ1) is 16.0. The highest BCUT2D eigenvalue weighted by Crippen LogP contribution is 2.27. The standard InChI is InChI=1S/C25H31N3O4S/c29-25(22-6-2-3-7-24(22)33(30,31)28-11-4-1-5-12-28)27-15-13-26(14-16-27)19-20-8-9-23-21(18-20)10-17-32-23/h2-3,6-9,18H,1,4-5,10-17,19H2. The van der Waals surface area contributed by atoms with Crippen molar-refractivity contribution in [3.8, 4) is 5.75 Å². The van der Waals surface area contributed by atoms with Gasteiger partial charge in [-0.2, -0.15) is 4.31 Å². The van der Waals surface area contributed by atoms with Gasteiger partial charge in [0.15, 0.2) is 0 Å². The van der Waals surface area contributed by atoms with Crippen molar-refractivity contribution in [3.05, 3.63) is 59.2 Å². The van der Waals surface area contributed by atoms with E-state index in [0.29, 0.717) is 26.2 Å². The lowest BCUT2D eigenvalue weighted by molar-refractivity contribution is 0.0624. The predicted octanol–water partition coefficient (Wildman–Crippen LogP) is 2.75. The number of amides is 1. The first-order valence-corrected chi connectivity index (χ1v) is 13.3. The summed E-state index contributed by atoms with van der Waals surface area (Å²) in [4.78, 5) is 17.6. The summed E-state index contributed by atoms with van der Waals surface area (Å²) in [5.74, 6) is 0.799. The van der Waals surface area contributed by atoms with Crippen LogP contribution in [0.4, 0.5) is 0 Å². The van der Waals surface area contributed by atoms with Crippen molar-refractivity contribution >= 4 is 15.9 Å². The van der Waals surface area contributed by atoms with Crippen molar-refractivity contribution in [3.63, 3.8) is 0 Å². The van der Waals surface area contributed by atoms with Gasteiger partial charge in [-0.05, 0) is 42.2 Å². The van der Waals surface area contributed by atoms with Gasteiger partial charge in [0.25, 0.3) is 5.91 Å². The number of hydrogen-bond acceptors (Lipinski definition) is 5. The lowest BCUT2D eigenvalue weighted by Crippen LogP contribution is -2.48. The summed E-state index contributed by atoms with van der Waals surface area (Å²) in [6.45, 7) is 5.36. The number of rotatable bonds is 5. The Morgan fingerprint density at radius 3 is 2.45 bits per heavy atom. The number of hydrogen-bond donors (Lipinski definition) is 0. The molecule has 0 unspecified atom stereocenters. The van der Waals surface area contributed by atoms with Crippen LogP contribution in [0.25, 0.3) is 0 Å². The van der Waals surface area contributed by atoms with Gasteiger partial charge in [0.1, 0.15) is 5.75 Å². The zero-order chi connectivity index (χ0) is 22.8. The topological polar surface area (TPSA) is 70.2 Å². The molecular formula is C25H31N3O4S. The van der Waals surface area contributed by atoms with E-state index >= 15 is 0 Å². The summed E-state index contributed by atoms with van der Waals surface area (Å²) in [6, 6.07) is 13.1. The molecule has 0 radical (unpaired) electrons. The molecule has 0 aliphatic carbocycles. The van der Waals surface area contributed by atoms with Gasteiger partial charge >= 0.3 is 0 Å². The smallest absolute Gasteiger partial charge is 0.255 e. The molecule has 1 amide bonds. The maximum absolute atomic E-state index is 13.4. The molecule has 0 bridgehead atoms. The summed E-state index contributed by atoms with van der Waals surface area (Å²) >= 11 is 0. The largest absolute Gasteiger partial charge is 0.493 e. The SMILES string of the molecule is O=C(c1ccccc1S(=O)(=O)N1CCCCC1)N1CCN(Cc2ccc3c(c2)CCO3)CC1. The average molecular weight is 470 g/mol. The summed E-state index contributed by atoms with van der Waals surface area (Å²) in [7, 11) is -3.67. The van der Waals surface area contributed by atoms with Crippen molar-refractivity contribution in [2.75, 3.05) is 45.9 Å². The average Bonchev–Trinajstić information content (AvgIpc) is 3.33. The van der Waals surface area contributed by atoms with Gasteiger partial charge in [-0.15, -0.1) is 0 Å². The minimum atomic E-state index is -3.67. The van der Waals surface area contributed by atoms with Crippen LogP contribution in [0.5, 0.6) is 5.75 Å². The molecule has 0 spiro atoms. The Morgan fingerprint density at radius 1 is 0.909 bits per heavy atom. The van der Waals surface area contributed by atoms with Crippen LogP contribution in [0.2, 0.25) is 0 Å². The monoisotopic (exact) mass is 469 g/mol. The van der Waals surface area contributed by atoms with E-state index in [-0.39, 0.29) is 16.4 Å². The molecule has 2 aromatic carbocycles. The highest BCUT2D eigenvalue weighted by Gasteiger charge is 2.32. The Morgan fingerprint density at radius 2 is 1.67 bits per heavy atom. The van der Waals surface area contributed by atoms with E-state index < -0.39 is 10.0 Å². The fourth-order valence-electron chi connectivity index (χ4n) is 4.99. The Bertz CT molecular complexity index is 1120. The van der Waals surface area contributed by atoms with Gasteiger partial charge in [-0.1, -0.05) is 30.7 Å². The van der Waals surface area contributed by atoms with Crippen LogP contribution in [0.1, 0.15) is 40.7 Å². The molecule has 176 valence electrons. The van der Waals surface area contributed by atoms with Gasteiger partial charge in [-0.25, -0.2) is 8.42 Å². The number of piperazine rings is 1. The van der Waals surface area contributed by atoms with E-state index in [1.165, 1.54) is 15.4 Å². The van der Waals surface area contributed by atoms with Crippen molar-refractivity contribution in [2.45, 2.75) is 37.1 Å². The van der Waals surface area contributed by atoms with Crippen LogP contribution in [-0.2, 0) is 23.0 Å². The lowest BCUT2D eigenvalue weighted by atomic mass is 10.1. The molecule has 7 nitrogen and oxygen atoms in total. The van der Waals surface area contributed by atoms with Crippen LogP contribution in [0.15, 0.2) is 47.4 Å². The fourth-order valence-corrected chi connectivity index (χ4v) is 6.69. The van der Waals surface area contributed by atoms with Crippen LogP contribution in [0.3, 0.4) is 0 Å². The van der Waals surface area contributed by atoms with E-state index in [1.54, 1.807) is 29.2 Å². The Labute approximate surface area is 196 Å². The zero-order valence-electron chi connectivity index (χ0n) is 18.9. The number of ether oxygens (including phenoxy) is 1. The molecule has 2 saturated heterocycles. The number of nitrogens with zero attached hydrogens (tertiary/aromatic N) is 3. The minimum absolute atomic E-state index is 0.139. The highest BCUT2D eigenvalue weighted by atomic mass is 32.2. The maximum atomic E-state index is 13.4. The molecule has 3 heterocycles. The van der Waals surface area contributed by atoms with Gasteiger partial charge in [0.05, 0.1) is 17.1 Å². The number of sulfonamides is 1. The van der Waals surface area contributed by atoms with Gasteiger partial charge in [0.2, 0.25) is 10.0 Å². The third-order valence-corrected chi connectivity index (χ3v) is 8.83. The summed E-state index contributed by atoms with van der Waals surface area (Å²) in [5, 5.41) is 0. The van der Waals surface area contributed by atoms with Crippen LogP contribution >= 0.6 is 0 Å². The van der Waals surface area contributed by atoms with Crippen LogP contribution in [0, 0.1) is 0 Å². The van der Waals surface area contributed by atoms with Crippen molar-refractivity contribution in [1.82, 2.24) is 14.1 Å². The first kappa shape index (κ1) is 22.4. The number of carbonyl (C=O) groups excluding carboxylic acids is 1. The normalized spacial score (nSPS) is 19.8. The third-order valence-electron chi connectivity index (χ3n) is 6.87. The molecule has 3 aliphatic rings. The lowest BCUT2D eigenvalue weighted by Gasteiger charge is -2.35. The quantitative estimate of drug-likeness (QED) is 0.674. The third kappa shape index (κ3) is 4.65. The molecular weight excluding hydrogens is 438 g/mol. The number of fused-ring (bicyclic) bond motifs is 1. The second kappa shape index (κ2) is 9.44. The van der Waals surface area contributed by atoms with E-state index in [4.69, 9.17) is 4.74 Å². The van der Waals surface area contributed by atoms with Crippen molar-refractivity contribution in [2.24, 2.45) is 0 Å². The Hall–Kier alpha value is -2.42. The summed E-state index contributed by atoms with van der Waals surface area (Å²) in [5.41, 5.74) is 2.82. The molecule has 0 N–H and O–H groups in total. The molecule has 33 heavy (non-hydrogen) atoms. The van der Waals surface area contributed by atoms with Crippen molar-refractivity contribution < 1.29 is 17.9 Å². The second-order valence-electron chi connectivity index (χ2n) is 9.07. The van der Waals surface area contributed by atoms with E-state index in [2.05, 4.69) is 23.1 Å². The highest BCUT2D eigenvalue weighted by molar-refractivity contribution is 7.89. The summed E-state index contributed by atoms with van der Waals surface area (Å²) in [6.07, 6.45) is 3.75. The maximum Gasteiger partial charge on any atom is 0.255 e. The molecule has 5 rings (SSSR count). The van der Waals surface area contributed by atoms with Crippen LogP contribution in [-0.4, -0.2) is 74.3 Å². The molecule has 2 aromatic rings. The van der Waals surface area contributed by atoms with Crippen LogP contribution < -0.4 is 4.74 Å². The molecule has 0 aromatic heterocycles. The van der Waals surface area contributed by atoms with Gasteiger partial charge in [-0.3, -0.25) is 9.69 Å². The zero-order valence-corrected chi connectivity index (χ0v) is 19.7. The molecule has 2 fully saturated rings. The number of benzene rings is 2. The Kier molecular flexibility index (Phi) is 6.40. The minimum Gasteiger partial charge on any atom is -0.493 e. The molecule has 0 saturated carbocycles. The number of carbonyl (C=O) groups is 1.